The summed E-state index contributed by atoms with van der Waals surface area (Å²) < 4.78 is 6.03. The number of rotatable bonds is 10. The zero-order valence-electron chi connectivity index (χ0n) is 18.6. The molecule has 0 saturated carbocycles. The molecule has 1 heterocycles. The third-order valence-corrected chi connectivity index (χ3v) is 5.60. The van der Waals surface area contributed by atoms with E-state index in [4.69, 9.17) is 4.74 Å². The number of carbonyl (C=O) groups is 2. The molecule has 33 heavy (non-hydrogen) atoms. The third kappa shape index (κ3) is 6.10. The van der Waals surface area contributed by atoms with E-state index < -0.39 is 0 Å². The molecule has 1 aliphatic rings. The molecule has 1 saturated heterocycles. The summed E-state index contributed by atoms with van der Waals surface area (Å²) in [5.41, 5.74) is 3.63. The first-order valence-electron chi connectivity index (χ1n) is 11.3. The lowest BCUT2D eigenvalue weighted by molar-refractivity contribution is -0.116. The Morgan fingerprint density at radius 1 is 0.758 bits per heavy atom. The Labute approximate surface area is 194 Å². The van der Waals surface area contributed by atoms with Crippen LogP contribution in [0.25, 0.3) is 6.08 Å². The van der Waals surface area contributed by atoms with Gasteiger partial charge in [0.25, 0.3) is 5.91 Å². The fraction of sp³-hybridized carbons (Fsp3) is 0.214. The van der Waals surface area contributed by atoms with Crippen LogP contribution in [0.4, 0.5) is 4.79 Å². The molecule has 168 valence electrons. The van der Waals surface area contributed by atoms with Crippen molar-refractivity contribution >= 4 is 18.0 Å². The van der Waals surface area contributed by atoms with Crippen LogP contribution in [-0.4, -0.2) is 30.0 Å². The number of para-hydroxylation sites is 1. The molecule has 0 aromatic heterocycles. The maximum Gasteiger partial charge on any atom is 0.329 e. The van der Waals surface area contributed by atoms with E-state index in [2.05, 4.69) is 29.6 Å². The van der Waals surface area contributed by atoms with Crippen molar-refractivity contribution in [1.29, 1.82) is 0 Å². The van der Waals surface area contributed by atoms with Crippen molar-refractivity contribution in [3.05, 3.63) is 107 Å². The molecule has 1 aliphatic heterocycles. The molecule has 0 radical (unpaired) electrons. The molecule has 5 heteroatoms. The number of hydrogen-bond donors (Lipinski definition) is 1. The maximum atomic E-state index is 12.5. The smallest absolute Gasteiger partial charge is 0.329 e. The highest BCUT2D eigenvalue weighted by Crippen LogP contribution is 2.25. The molecule has 3 aromatic rings. The van der Waals surface area contributed by atoms with Gasteiger partial charge in [-0.05, 0) is 49.0 Å². The predicted molar refractivity (Wildman–Crippen MR) is 130 cm³/mol. The lowest BCUT2D eigenvalue weighted by Crippen LogP contribution is -2.28. The number of carbonyl (C=O) groups excluding carboxylic acids is 2. The van der Waals surface area contributed by atoms with Gasteiger partial charge in [-0.15, -0.1) is 0 Å². The van der Waals surface area contributed by atoms with Gasteiger partial charge in [0.1, 0.15) is 11.4 Å². The van der Waals surface area contributed by atoms with Gasteiger partial charge in [0.2, 0.25) is 0 Å². The van der Waals surface area contributed by atoms with Gasteiger partial charge in [-0.3, -0.25) is 15.0 Å². The van der Waals surface area contributed by atoms with Crippen LogP contribution in [0, 0.1) is 0 Å². The molecule has 0 aliphatic carbocycles. The summed E-state index contributed by atoms with van der Waals surface area (Å²) in [6.07, 6.45) is 5.18. The maximum absolute atomic E-state index is 12.5. The first kappa shape index (κ1) is 22.3. The zero-order chi connectivity index (χ0) is 22.9. The van der Waals surface area contributed by atoms with E-state index in [0.717, 1.165) is 31.2 Å². The molecule has 0 atom stereocenters. The van der Waals surface area contributed by atoms with E-state index in [-0.39, 0.29) is 11.9 Å². The average Bonchev–Trinajstić information content (AvgIpc) is 3.11. The number of ether oxygens (including phenoxy) is 1. The minimum Gasteiger partial charge on any atom is -0.493 e. The minimum absolute atomic E-state index is 0.355. The van der Waals surface area contributed by atoms with E-state index in [0.29, 0.717) is 24.6 Å². The fourth-order valence-corrected chi connectivity index (χ4v) is 3.89. The number of hydrogen-bond acceptors (Lipinski definition) is 3. The summed E-state index contributed by atoms with van der Waals surface area (Å²) in [7, 11) is 0. The highest BCUT2D eigenvalue weighted by molar-refractivity contribution is 6.14. The van der Waals surface area contributed by atoms with Gasteiger partial charge < -0.3 is 4.74 Å². The number of imide groups is 1. The number of nitrogens with one attached hydrogen (secondary N) is 1. The van der Waals surface area contributed by atoms with E-state index in [1.54, 1.807) is 6.08 Å². The lowest BCUT2D eigenvalue weighted by Gasteiger charge is -2.16. The van der Waals surface area contributed by atoms with Crippen molar-refractivity contribution in [3.63, 3.8) is 0 Å². The number of amides is 3. The second kappa shape index (κ2) is 11.1. The Balaban J connectivity index is 1.40. The van der Waals surface area contributed by atoms with E-state index in [1.165, 1.54) is 16.0 Å². The van der Waals surface area contributed by atoms with Gasteiger partial charge in [-0.2, -0.15) is 0 Å². The Morgan fingerprint density at radius 2 is 1.36 bits per heavy atom. The van der Waals surface area contributed by atoms with E-state index in [1.807, 2.05) is 60.7 Å². The monoisotopic (exact) mass is 440 g/mol. The molecule has 0 bridgehead atoms. The quantitative estimate of drug-likeness (QED) is 0.267. The molecule has 4 rings (SSSR count). The van der Waals surface area contributed by atoms with Gasteiger partial charge in [-0.1, -0.05) is 78.9 Å². The van der Waals surface area contributed by atoms with Crippen LogP contribution in [0.5, 0.6) is 5.75 Å². The number of nitrogens with zero attached hydrogens (tertiary/aromatic N) is 1. The molecule has 0 unspecified atom stereocenters. The normalized spacial score (nSPS) is 14.5. The predicted octanol–water partition coefficient (Wildman–Crippen LogP) is 5.22. The SMILES string of the molecule is O=C1NC(=O)N(CCCc2ccccc2)/C1=C/c1ccccc1OCCCc1ccccc1. The van der Waals surface area contributed by atoms with Crippen LogP contribution < -0.4 is 10.1 Å². The molecule has 3 aromatic carbocycles. The number of urea groups is 1. The summed E-state index contributed by atoms with van der Waals surface area (Å²) >= 11 is 0. The van der Waals surface area contributed by atoms with Crippen molar-refractivity contribution in [2.45, 2.75) is 25.7 Å². The Kier molecular flexibility index (Phi) is 7.54. The molecule has 5 nitrogen and oxygen atoms in total. The molecule has 1 fully saturated rings. The van der Waals surface area contributed by atoms with Crippen LogP contribution in [-0.2, 0) is 17.6 Å². The van der Waals surface area contributed by atoms with Crippen LogP contribution in [0.3, 0.4) is 0 Å². The molecule has 3 amide bonds. The van der Waals surface area contributed by atoms with Crippen molar-refractivity contribution in [2.75, 3.05) is 13.2 Å². The Bertz CT molecular complexity index is 1110. The van der Waals surface area contributed by atoms with Crippen molar-refractivity contribution < 1.29 is 14.3 Å². The van der Waals surface area contributed by atoms with Crippen LogP contribution in [0.1, 0.15) is 29.5 Å². The Morgan fingerprint density at radius 3 is 2.06 bits per heavy atom. The lowest BCUT2D eigenvalue weighted by atomic mass is 10.1. The highest BCUT2D eigenvalue weighted by atomic mass is 16.5. The van der Waals surface area contributed by atoms with Gasteiger partial charge in [0.05, 0.1) is 6.61 Å². The van der Waals surface area contributed by atoms with Crippen molar-refractivity contribution in [2.24, 2.45) is 0 Å². The van der Waals surface area contributed by atoms with Gasteiger partial charge in [-0.25, -0.2) is 4.79 Å². The summed E-state index contributed by atoms with van der Waals surface area (Å²) in [5, 5.41) is 2.41. The average molecular weight is 441 g/mol. The van der Waals surface area contributed by atoms with E-state index >= 15 is 0 Å². The summed E-state index contributed by atoms with van der Waals surface area (Å²) in [6.45, 7) is 1.04. The second-order valence-electron chi connectivity index (χ2n) is 8.01. The third-order valence-electron chi connectivity index (χ3n) is 5.60. The van der Waals surface area contributed by atoms with Crippen LogP contribution in [0.15, 0.2) is 90.6 Å². The molecule has 0 spiro atoms. The van der Waals surface area contributed by atoms with Gasteiger partial charge in [0, 0.05) is 12.1 Å². The zero-order valence-corrected chi connectivity index (χ0v) is 18.6. The van der Waals surface area contributed by atoms with Crippen LogP contribution >= 0.6 is 0 Å². The summed E-state index contributed by atoms with van der Waals surface area (Å²) in [4.78, 5) is 26.4. The second-order valence-corrected chi connectivity index (χ2v) is 8.01. The fourth-order valence-electron chi connectivity index (χ4n) is 3.89. The number of benzene rings is 3. The molecular weight excluding hydrogens is 412 g/mol. The summed E-state index contributed by atoms with van der Waals surface area (Å²) in [6, 6.07) is 27.7. The Hall–Kier alpha value is -3.86. The topological polar surface area (TPSA) is 58.6 Å². The van der Waals surface area contributed by atoms with Crippen LogP contribution in [0.2, 0.25) is 0 Å². The standard InChI is InChI=1S/C28H28N2O3/c31-27-25(30(28(32)29-27)19-9-15-22-11-3-1-4-12-22)21-24-17-7-8-18-26(24)33-20-10-16-23-13-5-2-6-14-23/h1-8,11-14,17-18,21H,9-10,15-16,19-20H2,(H,29,31,32)/b25-21+. The van der Waals surface area contributed by atoms with Crippen molar-refractivity contribution in [1.82, 2.24) is 10.2 Å². The summed E-state index contributed by atoms with van der Waals surface area (Å²) in [5.74, 6) is 0.327. The largest absolute Gasteiger partial charge is 0.493 e. The van der Waals surface area contributed by atoms with Gasteiger partial charge >= 0.3 is 6.03 Å². The first-order chi connectivity index (χ1) is 16.2. The minimum atomic E-state index is -0.376. The molecule has 1 N–H and O–H groups in total. The molecular formula is C28H28N2O3. The number of aryl methyl sites for hydroxylation is 2. The first-order valence-corrected chi connectivity index (χ1v) is 11.3. The van der Waals surface area contributed by atoms with Gasteiger partial charge in [0.15, 0.2) is 0 Å². The van der Waals surface area contributed by atoms with E-state index in [9.17, 15) is 9.59 Å². The highest BCUT2D eigenvalue weighted by Gasteiger charge is 2.32. The van der Waals surface area contributed by atoms with Crippen molar-refractivity contribution in [3.8, 4) is 5.75 Å².